The van der Waals surface area contributed by atoms with Crippen LogP contribution in [0.15, 0.2) is 59.4 Å². The van der Waals surface area contributed by atoms with E-state index in [1.165, 1.54) is 0 Å². The minimum atomic E-state index is 0.285. The molecule has 0 N–H and O–H groups in total. The zero-order chi connectivity index (χ0) is 18.2. The quantitative estimate of drug-likeness (QED) is 0.551. The highest BCUT2D eigenvalue weighted by Crippen LogP contribution is 2.34. The van der Waals surface area contributed by atoms with Crippen LogP contribution in [0.25, 0.3) is 17.0 Å². The van der Waals surface area contributed by atoms with Crippen LogP contribution >= 0.6 is 0 Å². The van der Waals surface area contributed by atoms with Gasteiger partial charge in [0.1, 0.15) is 11.5 Å². The fourth-order valence-electron chi connectivity index (χ4n) is 4.00. The second-order valence-corrected chi connectivity index (χ2v) is 7.05. The van der Waals surface area contributed by atoms with Gasteiger partial charge in [0.25, 0.3) is 0 Å². The van der Waals surface area contributed by atoms with Gasteiger partial charge in [-0.2, -0.15) is 0 Å². The van der Waals surface area contributed by atoms with Crippen molar-refractivity contribution in [3.63, 3.8) is 0 Å². The Hall–Kier alpha value is -2.99. The molecule has 0 aliphatic carbocycles. The molecule has 0 spiro atoms. The zero-order valence-electron chi connectivity index (χ0n) is 15.2. The van der Waals surface area contributed by atoms with Crippen LogP contribution in [-0.2, 0) is 6.54 Å². The first kappa shape index (κ1) is 16.2. The predicted molar refractivity (Wildman–Crippen MR) is 102 cm³/mol. The van der Waals surface area contributed by atoms with Crippen LogP contribution in [0.1, 0.15) is 36.0 Å². The summed E-state index contributed by atoms with van der Waals surface area (Å²) < 4.78 is 7.42. The van der Waals surface area contributed by atoms with Gasteiger partial charge in [0.05, 0.1) is 17.4 Å². The van der Waals surface area contributed by atoms with E-state index in [1.54, 1.807) is 6.20 Å². The van der Waals surface area contributed by atoms with Crippen molar-refractivity contribution in [2.24, 2.45) is 0 Å². The Balaban J connectivity index is 1.56. The Kier molecular flexibility index (Phi) is 3.98. The molecule has 1 aliphatic rings. The van der Waals surface area contributed by atoms with Crippen molar-refractivity contribution in [2.75, 3.05) is 6.54 Å². The van der Waals surface area contributed by atoms with E-state index in [0.29, 0.717) is 0 Å². The summed E-state index contributed by atoms with van der Waals surface area (Å²) in [6.07, 6.45) is 6.09. The van der Waals surface area contributed by atoms with Crippen molar-refractivity contribution < 1.29 is 4.52 Å². The third-order valence-electron chi connectivity index (χ3n) is 5.25. The first-order chi connectivity index (χ1) is 13.3. The summed E-state index contributed by atoms with van der Waals surface area (Å²) in [5, 5.41) is 4.27. The molecule has 3 aromatic heterocycles. The number of hydrogen-bond acceptors (Lipinski definition) is 5. The first-order valence-electron chi connectivity index (χ1n) is 9.34. The molecule has 1 aliphatic heterocycles. The van der Waals surface area contributed by atoms with Crippen molar-refractivity contribution in [1.82, 2.24) is 24.4 Å². The standard InChI is InChI=1S/C21H21N5O/c1-15-13-17(24-27-15)18-9-5-11-25(18)14-19-20(16-7-3-2-4-8-16)23-21-22-10-6-12-26(19)21/h2-4,6-8,10,12-13,18H,5,9,11,14H2,1H3. The lowest BCUT2D eigenvalue weighted by Crippen LogP contribution is -2.24. The smallest absolute Gasteiger partial charge is 0.234 e. The number of rotatable bonds is 4. The van der Waals surface area contributed by atoms with E-state index in [2.05, 4.69) is 37.6 Å². The van der Waals surface area contributed by atoms with Gasteiger partial charge in [0.2, 0.25) is 5.78 Å². The number of nitrogens with zero attached hydrogens (tertiary/aromatic N) is 5. The van der Waals surface area contributed by atoms with Crippen LogP contribution in [0.3, 0.4) is 0 Å². The molecular formula is C21H21N5O. The average molecular weight is 359 g/mol. The van der Waals surface area contributed by atoms with Gasteiger partial charge in [-0.3, -0.25) is 9.30 Å². The molecule has 4 aromatic rings. The number of fused-ring (bicyclic) bond motifs is 1. The summed E-state index contributed by atoms with van der Waals surface area (Å²) in [4.78, 5) is 11.7. The molecule has 1 atom stereocenters. The van der Waals surface area contributed by atoms with Crippen molar-refractivity contribution in [1.29, 1.82) is 0 Å². The monoisotopic (exact) mass is 359 g/mol. The third kappa shape index (κ3) is 2.92. The zero-order valence-corrected chi connectivity index (χ0v) is 15.2. The first-order valence-corrected chi connectivity index (χ1v) is 9.34. The molecule has 1 fully saturated rings. The van der Waals surface area contributed by atoms with E-state index >= 15 is 0 Å². The largest absolute Gasteiger partial charge is 0.361 e. The molecule has 4 heterocycles. The van der Waals surface area contributed by atoms with Crippen LogP contribution in [0.2, 0.25) is 0 Å². The summed E-state index contributed by atoms with van der Waals surface area (Å²) in [6, 6.07) is 14.6. The van der Waals surface area contributed by atoms with Crippen LogP contribution in [-0.4, -0.2) is 31.0 Å². The van der Waals surface area contributed by atoms with Crippen LogP contribution < -0.4 is 0 Å². The van der Waals surface area contributed by atoms with Gasteiger partial charge in [-0.25, -0.2) is 9.97 Å². The Bertz CT molecular complexity index is 1070. The van der Waals surface area contributed by atoms with E-state index in [-0.39, 0.29) is 6.04 Å². The maximum atomic E-state index is 5.32. The van der Waals surface area contributed by atoms with Gasteiger partial charge in [-0.05, 0) is 32.4 Å². The molecule has 0 amide bonds. The molecule has 0 bridgehead atoms. The molecule has 6 nitrogen and oxygen atoms in total. The van der Waals surface area contributed by atoms with E-state index < -0.39 is 0 Å². The number of aromatic nitrogens is 4. The number of aryl methyl sites for hydroxylation is 1. The fourth-order valence-corrected chi connectivity index (χ4v) is 4.00. The maximum absolute atomic E-state index is 5.32. The molecule has 1 saturated heterocycles. The number of hydrogen-bond donors (Lipinski definition) is 0. The fraction of sp³-hybridized carbons (Fsp3) is 0.286. The molecule has 0 radical (unpaired) electrons. The van der Waals surface area contributed by atoms with Gasteiger partial charge in [-0.15, -0.1) is 0 Å². The Morgan fingerprint density at radius 1 is 1.19 bits per heavy atom. The summed E-state index contributed by atoms with van der Waals surface area (Å²) in [5.74, 6) is 1.60. The van der Waals surface area contributed by atoms with E-state index in [1.807, 2.05) is 37.4 Å². The second-order valence-electron chi connectivity index (χ2n) is 7.05. The maximum Gasteiger partial charge on any atom is 0.234 e. The molecule has 5 rings (SSSR count). The van der Waals surface area contributed by atoms with Gasteiger partial charge in [0.15, 0.2) is 0 Å². The van der Waals surface area contributed by atoms with Crippen molar-refractivity contribution >= 4 is 5.78 Å². The van der Waals surface area contributed by atoms with Crippen molar-refractivity contribution in [2.45, 2.75) is 32.4 Å². The third-order valence-corrected chi connectivity index (χ3v) is 5.25. The molecule has 0 saturated carbocycles. The molecule has 27 heavy (non-hydrogen) atoms. The lowest BCUT2D eigenvalue weighted by atomic mass is 10.1. The van der Waals surface area contributed by atoms with Crippen LogP contribution in [0.4, 0.5) is 0 Å². The Labute approximate surface area is 157 Å². The summed E-state index contributed by atoms with van der Waals surface area (Å²) in [6.45, 7) is 3.78. The number of likely N-dealkylation sites (tertiary alicyclic amines) is 1. The highest BCUT2D eigenvalue weighted by molar-refractivity contribution is 5.65. The number of imidazole rings is 1. The van der Waals surface area contributed by atoms with Crippen molar-refractivity contribution in [3.8, 4) is 11.3 Å². The van der Waals surface area contributed by atoms with Crippen LogP contribution in [0, 0.1) is 6.92 Å². The Morgan fingerprint density at radius 2 is 2.07 bits per heavy atom. The Morgan fingerprint density at radius 3 is 2.89 bits per heavy atom. The SMILES string of the molecule is Cc1cc(C2CCCN2Cc2c(-c3ccccc3)nc3ncccn23)no1. The van der Waals surface area contributed by atoms with E-state index in [9.17, 15) is 0 Å². The van der Waals surface area contributed by atoms with Gasteiger partial charge >= 0.3 is 0 Å². The van der Waals surface area contributed by atoms with Gasteiger partial charge < -0.3 is 4.52 Å². The van der Waals surface area contributed by atoms with Crippen LogP contribution in [0.5, 0.6) is 0 Å². The molecule has 6 heteroatoms. The minimum absolute atomic E-state index is 0.285. The summed E-state index contributed by atoms with van der Waals surface area (Å²) >= 11 is 0. The topological polar surface area (TPSA) is 59.5 Å². The average Bonchev–Trinajstić information content (AvgIpc) is 3.42. The highest BCUT2D eigenvalue weighted by Gasteiger charge is 2.30. The summed E-state index contributed by atoms with van der Waals surface area (Å²) in [7, 11) is 0. The van der Waals surface area contributed by atoms with E-state index in [4.69, 9.17) is 9.51 Å². The van der Waals surface area contributed by atoms with E-state index in [0.717, 1.165) is 60.1 Å². The lowest BCUT2D eigenvalue weighted by molar-refractivity contribution is 0.234. The lowest BCUT2D eigenvalue weighted by Gasteiger charge is -2.23. The normalized spacial score (nSPS) is 17.7. The van der Waals surface area contributed by atoms with Gasteiger partial charge in [-0.1, -0.05) is 35.5 Å². The van der Waals surface area contributed by atoms with Gasteiger partial charge in [0, 0.05) is 30.6 Å². The molecule has 1 aromatic carbocycles. The molecule has 136 valence electrons. The summed E-state index contributed by atoms with van der Waals surface area (Å²) in [5.41, 5.74) is 4.30. The minimum Gasteiger partial charge on any atom is -0.361 e. The van der Waals surface area contributed by atoms with Crippen molar-refractivity contribution in [3.05, 3.63) is 72.0 Å². The second kappa shape index (κ2) is 6.63. The predicted octanol–water partition coefficient (Wildman–Crippen LogP) is 4.03. The molecular weight excluding hydrogens is 338 g/mol. The molecule has 1 unspecified atom stereocenters. The highest BCUT2D eigenvalue weighted by atomic mass is 16.5. The number of benzene rings is 1.